The number of nitrogens with one attached hydrogen (secondary N) is 1. The Bertz CT molecular complexity index is 473. The van der Waals surface area contributed by atoms with Crippen molar-refractivity contribution in [2.45, 2.75) is 45.1 Å². The number of ether oxygens (including phenoxy) is 1. The van der Waals surface area contributed by atoms with Gasteiger partial charge in [-0.2, -0.15) is 0 Å². The minimum absolute atomic E-state index is 0. The van der Waals surface area contributed by atoms with E-state index in [0.717, 1.165) is 24.1 Å². The highest BCUT2D eigenvalue weighted by atomic mass is 35.5. The Labute approximate surface area is 139 Å². The molecule has 2 rings (SSSR count). The number of carbonyl (C=O) groups is 1. The van der Waals surface area contributed by atoms with E-state index in [1.165, 1.54) is 19.3 Å². The number of benzene rings is 1. The number of methoxy groups -OCH3 is 1. The molecule has 1 aromatic carbocycles. The average Bonchev–Trinajstić information content (AvgIpc) is 2.50. The molecule has 1 amide bonds. The van der Waals surface area contributed by atoms with E-state index in [-0.39, 0.29) is 23.7 Å². The van der Waals surface area contributed by atoms with Gasteiger partial charge in [-0.15, -0.1) is 12.4 Å². The summed E-state index contributed by atoms with van der Waals surface area (Å²) in [4.78, 5) is 12.4. The maximum atomic E-state index is 12.4. The number of anilines is 1. The maximum Gasteiger partial charge on any atom is 0.224 e. The van der Waals surface area contributed by atoms with Crippen LogP contribution in [0.4, 0.5) is 5.69 Å². The predicted molar refractivity (Wildman–Crippen MR) is 92.2 cm³/mol. The van der Waals surface area contributed by atoms with Crippen molar-refractivity contribution < 1.29 is 9.53 Å². The van der Waals surface area contributed by atoms with Gasteiger partial charge in [-0.25, -0.2) is 0 Å². The fourth-order valence-electron chi connectivity index (χ4n) is 3.21. The molecule has 1 aliphatic carbocycles. The highest BCUT2D eigenvalue weighted by Crippen LogP contribution is 2.38. The first-order valence-electron chi connectivity index (χ1n) is 7.76. The van der Waals surface area contributed by atoms with Crippen LogP contribution in [-0.4, -0.2) is 19.6 Å². The lowest BCUT2D eigenvalue weighted by atomic mass is 9.71. The molecule has 0 aromatic heterocycles. The van der Waals surface area contributed by atoms with Crippen LogP contribution in [-0.2, 0) is 16.1 Å². The molecule has 22 heavy (non-hydrogen) atoms. The number of para-hydroxylation sites is 1. The molecule has 0 spiro atoms. The van der Waals surface area contributed by atoms with Gasteiger partial charge >= 0.3 is 0 Å². The van der Waals surface area contributed by atoms with E-state index in [9.17, 15) is 4.79 Å². The van der Waals surface area contributed by atoms with E-state index >= 15 is 0 Å². The fourth-order valence-corrected chi connectivity index (χ4v) is 3.21. The molecule has 4 nitrogen and oxygen atoms in total. The van der Waals surface area contributed by atoms with Crippen LogP contribution in [0.2, 0.25) is 0 Å². The molecular weight excluding hydrogens is 300 g/mol. The van der Waals surface area contributed by atoms with Gasteiger partial charge in [-0.05, 0) is 30.9 Å². The lowest BCUT2D eigenvalue weighted by Gasteiger charge is -2.35. The third-order valence-electron chi connectivity index (χ3n) is 4.47. The van der Waals surface area contributed by atoms with Crippen LogP contribution in [0.5, 0.6) is 0 Å². The monoisotopic (exact) mass is 326 g/mol. The first-order valence-corrected chi connectivity index (χ1v) is 7.76. The van der Waals surface area contributed by atoms with Crippen LogP contribution in [0.15, 0.2) is 24.3 Å². The normalized spacial score (nSPS) is 16.6. The third kappa shape index (κ3) is 4.97. The van der Waals surface area contributed by atoms with Gasteiger partial charge in [-0.3, -0.25) is 4.79 Å². The van der Waals surface area contributed by atoms with Gasteiger partial charge in [0.25, 0.3) is 0 Å². The number of nitrogens with two attached hydrogens (primary N) is 1. The van der Waals surface area contributed by atoms with Gasteiger partial charge in [0.2, 0.25) is 5.91 Å². The highest BCUT2D eigenvalue weighted by molar-refractivity contribution is 5.92. The van der Waals surface area contributed by atoms with Crippen molar-refractivity contribution in [3.05, 3.63) is 29.8 Å². The molecule has 0 heterocycles. The molecule has 1 aliphatic rings. The molecule has 0 bridgehead atoms. The molecule has 0 radical (unpaired) electrons. The van der Waals surface area contributed by atoms with Crippen molar-refractivity contribution in [3.63, 3.8) is 0 Å². The number of halogens is 1. The Balaban J connectivity index is 0.00000242. The molecule has 0 saturated heterocycles. The topological polar surface area (TPSA) is 64.3 Å². The molecule has 5 heteroatoms. The van der Waals surface area contributed by atoms with Crippen LogP contribution in [0.25, 0.3) is 0 Å². The summed E-state index contributed by atoms with van der Waals surface area (Å²) in [5, 5.41) is 3.03. The summed E-state index contributed by atoms with van der Waals surface area (Å²) in [5.74, 6) is 0.0610. The first kappa shape index (κ1) is 18.9. The number of hydrogen-bond donors (Lipinski definition) is 2. The maximum absolute atomic E-state index is 12.4. The second-order valence-electron chi connectivity index (χ2n) is 6.08. The van der Waals surface area contributed by atoms with Gasteiger partial charge in [-0.1, -0.05) is 37.5 Å². The van der Waals surface area contributed by atoms with E-state index in [1.54, 1.807) is 7.11 Å². The fraction of sp³-hybridized carbons (Fsp3) is 0.588. The van der Waals surface area contributed by atoms with Crippen molar-refractivity contribution in [2.75, 3.05) is 19.0 Å². The third-order valence-corrected chi connectivity index (χ3v) is 4.47. The Hall–Kier alpha value is -1.10. The molecule has 1 aromatic rings. The van der Waals surface area contributed by atoms with Crippen LogP contribution in [0.1, 0.15) is 44.1 Å². The zero-order valence-electron chi connectivity index (χ0n) is 13.3. The number of rotatable bonds is 6. The predicted octanol–water partition coefficient (Wildman–Crippen LogP) is 3.49. The smallest absolute Gasteiger partial charge is 0.224 e. The van der Waals surface area contributed by atoms with E-state index in [0.29, 0.717) is 19.6 Å². The van der Waals surface area contributed by atoms with Crippen LogP contribution < -0.4 is 11.1 Å². The van der Waals surface area contributed by atoms with Gasteiger partial charge in [0.15, 0.2) is 0 Å². The van der Waals surface area contributed by atoms with Crippen LogP contribution in [0, 0.1) is 5.41 Å². The zero-order chi connectivity index (χ0) is 15.1. The molecule has 1 saturated carbocycles. The van der Waals surface area contributed by atoms with Crippen LogP contribution in [0.3, 0.4) is 0 Å². The summed E-state index contributed by atoms with van der Waals surface area (Å²) in [5.41, 5.74) is 7.80. The minimum atomic E-state index is -0.00146. The summed E-state index contributed by atoms with van der Waals surface area (Å²) in [6.45, 7) is 1.10. The number of hydrogen-bond acceptors (Lipinski definition) is 3. The molecular formula is C17H27ClN2O2. The van der Waals surface area contributed by atoms with E-state index < -0.39 is 0 Å². The highest BCUT2D eigenvalue weighted by Gasteiger charge is 2.33. The van der Waals surface area contributed by atoms with Crippen molar-refractivity contribution in [1.82, 2.24) is 0 Å². The Morgan fingerprint density at radius 3 is 2.59 bits per heavy atom. The van der Waals surface area contributed by atoms with Crippen molar-refractivity contribution >= 4 is 24.0 Å². The lowest BCUT2D eigenvalue weighted by Crippen LogP contribution is -2.36. The zero-order valence-corrected chi connectivity index (χ0v) is 14.1. The van der Waals surface area contributed by atoms with E-state index in [2.05, 4.69) is 5.32 Å². The SMILES string of the molecule is COCc1ccccc1NC(=O)CC1(CN)CCCCC1.Cl. The average molecular weight is 327 g/mol. The molecule has 1 fully saturated rings. The van der Waals surface area contributed by atoms with Gasteiger partial charge in [0.05, 0.1) is 6.61 Å². The number of amides is 1. The number of carbonyl (C=O) groups excluding carboxylic acids is 1. The van der Waals surface area contributed by atoms with E-state index in [4.69, 9.17) is 10.5 Å². The second kappa shape index (κ2) is 9.13. The molecule has 3 N–H and O–H groups in total. The quantitative estimate of drug-likeness (QED) is 0.841. The second-order valence-corrected chi connectivity index (χ2v) is 6.08. The largest absolute Gasteiger partial charge is 0.380 e. The standard InChI is InChI=1S/C17H26N2O2.ClH/c1-21-12-14-7-3-4-8-15(14)19-16(20)11-17(13-18)9-5-2-6-10-17;/h3-4,7-8H,2,5-6,9-13,18H2,1H3,(H,19,20);1H. The molecule has 0 unspecified atom stereocenters. The van der Waals surface area contributed by atoms with E-state index in [1.807, 2.05) is 24.3 Å². The molecule has 0 aliphatic heterocycles. The van der Waals surface area contributed by atoms with Crippen molar-refractivity contribution in [2.24, 2.45) is 11.1 Å². The molecule has 0 atom stereocenters. The summed E-state index contributed by atoms with van der Waals surface area (Å²) >= 11 is 0. The summed E-state index contributed by atoms with van der Waals surface area (Å²) < 4.78 is 5.17. The Kier molecular flexibility index (Phi) is 7.87. The van der Waals surface area contributed by atoms with Crippen molar-refractivity contribution in [3.8, 4) is 0 Å². The Morgan fingerprint density at radius 1 is 1.27 bits per heavy atom. The van der Waals surface area contributed by atoms with Crippen molar-refractivity contribution in [1.29, 1.82) is 0 Å². The molecule has 124 valence electrons. The Morgan fingerprint density at radius 2 is 1.95 bits per heavy atom. The minimum Gasteiger partial charge on any atom is -0.380 e. The van der Waals surface area contributed by atoms with Gasteiger partial charge < -0.3 is 15.8 Å². The van der Waals surface area contributed by atoms with Gasteiger partial charge in [0.1, 0.15) is 0 Å². The summed E-state index contributed by atoms with van der Waals surface area (Å²) in [6, 6.07) is 7.77. The summed E-state index contributed by atoms with van der Waals surface area (Å²) in [7, 11) is 1.66. The van der Waals surface area contributed by atoms with Gasteiger partial charge in [0, 0.05) is 24.8 Å². The first-order chi connectivity index (χ1) is 10.2. The lowest BCUT2D eigenvalue weighted by molar-refractivity contribution is -0.118. The van der Waals surface area contributed by atoms with Crippen LogP contribution >= 0.6 is 12.4 Å². The summed E-state index contributed by atoms with van der Waals surface area (Å²) in [6.07, 6.45) is 6.29.